The van der Waals surface area contributed by atoms with Crippen molar-refractivity contribution in [2.24, 2.45) is 0 Å². The number of rotatable bonds is 16. The molecule has 0 heterocycles. The lowest BCUT2D eigenvalue weighted by Gasteiger charge is -2.09. The van der Waals surface area contributed by atoms with Crippen LogP contribution in [0.5, 0.6) is 0 Å². The van der Waals surface area contributed by atoms with E-state index in [-0.39, 0.29) is 18.6 Å². The highest BCUT2D eigenvalue weighted by Crippen LogP contribution is 2.12. The highest BCUT2D eigenvalue weighted by Gasteiger charge is 2.02. The van der Waals surface area contributed by atoms with Crippen molar-refractivity contribution >= 4 is 5.91 Å². The Morgan fingerprint density at radius 3 is 1.83 bits per heavy atom. The fourth-order valence-electron chi connectivity index (χ4n) is 2.78. The van der Waals surface area contributed by atoms with Crippen LogP contribution in [0.4, 0.5) is 0 Å². The van der Waals surface area contributed by atoms with Crippen molar-refractivity contribution in [3.05, 3.63) is 12.2 Å². The van der Waals surface area contributed by atoms with Crippen LogP contribution in [-0.4, -0.2) is 23.7 Å². The molecule has 0 aliphatic heterocycles. The molecule has 0 aromatic heterocycles. The molecule has 0 rings (SSSR count). The molecule has 0 bridgehead atoms. The number of allylic oxidation sites excluding steroid dienone is 1. The summed E-state index contributed by atoms with van der Waals surface area (Å²) in [6.07, 6.45) is 21.4. The van der Waals surface area contributed by atoms with Gasteiger partial charge in [-0.15, -0.1) is 0 Å². The van der Waals surface area contributed by atoms with Gasteiger partial charge in [-0.2, -0.15) is 0 Å². The molecule has 0 radical (unpaired) electrons. The van der Waals surface area contributed by atoms with Crippen LogP contribution >= 0.6 is 0 Å². The zero-order valence-electron chi connectivity index (χ0n) is 15.5. The van der Waals surface area contributed by atoms with E-state index in [2.05, 4.69) is 18.3 Å². The lowest BCUT2D eigenvalue weighted by atomic mass is 10.0. The number of hydrogen-bond acceptors (Lipinski definition) is 2. The normalized spacial score (nSPS) is 12.7. The Balaban J connectivity index is 3.28. The van der Waals surface area contributed by atoms with Crippen LogP contribution in [0.3, 0.4) is 0 Å². The Labute approximate surface area is 143 Å². The number of unbranched alkanes of at least 4 members (excludes halogenated alkanes) is 12. The van der Waals surface area contributed by atoms with E-state index in [1.165, 1.54) is 84.0 Å². The first-order chi connectivity index (χ1) is 11.2. The van der Waals surface area contributed by atoms with Crippen LogP contribution in [0.25, 0.3) is 0 Å². The molecule has 136 valence electrons. The molecule has 0 aliphatic rings. The molecule has 0 spiro atoms. The van der Waals surface area contributed by atoms with E-state index in [9.17, 15) is 4.79 Å². The second-order valence-electron chi connectivity index (χ2n) is 6.60. The maximum absolute atomic E-state index is 10.9. The summed E-state index contributed by atoms with van der Waals surface area (Å²) in [5.41, 5.74) is 0. The van der Waals surface area contributed by atoms with Gasteiger partial charge in [-0.25, -0.2) is 0 Å². The van der Waals surface area contributed by atoms with Gasteiger partial charge in [0.1, 0.15) is 0 Å². The van der Waals surface area contributed by atoms with Gasteiger partial charge in [0.05, 0.1) is 12.6 Å². The van der Waals surface area contributed by atoms with Gasteiger partial charge in [-0.3, -0.25) is 4.79 Å². The van der Waals surface area contributed by atoms with Crippen molar-refractivity contribution in [3.63, 3.8) is 0 Å². The Bertz CT molecular complexity index is 289. The van der Waals surface area contributed by atoms with Gasteiger partial charge in [0.2, 0.25) is 5.91 Å². The van der Waals surface area contributed by atoms with E-state index in [0.29, 0.717) is 0 Å². The lowest BCUT2D eigenvalue weighted by Crippen LogP contribution is -2.34. The molecule has 0 unspecified atom stereocenters. The molecule has 0 fully saturated rings. The molecule has 3 nitrogen and oxygen atoms in total. The molecule has 0 aromatic carbocycles. The van der Waals surface area contributed by atoms with Crippen LogP contribution < -0.4 is 5.32 Å². The molecule has 0 aromatic rings. The molecule has 23 heavy (non-hydrogen) atoms. The average molecular weight is 326 g/mol. The molecule has 1 atom stereocenters. The Kier molecular flexibility index (Phi) is 16.9. The monoisotopic (exact) mass is 325 g/mol. The van der Waals surface area contributed by atoms with Gasteiger partial charge in [0, 0.05) is 6.92 Å². The zero-order chi connectivity index (χ0) is 17.2. The number of carbonyl (C=O) groups excluding carboxylic acids is 1. The number of carbonyl (C=O) groups is 1. The quantitative estimate of drug-likeness (QED) is 0.305. The third kappa shape index (κ3) is 17.4. The highest BCUT2D eigenvalue weighted by atomic mass is 16.3. The van der Waals surface area contributed by atoms with Crippen LogP contribution in [0, 0.1) is 0 Å². The standard InChI is InChI=1S/C20H39NO2/c1-3-4-5-6-7-8-9-10-11-12-13-14-15-16-17-20(18-22)21-19(2)23/h16-17,20,22H,3-15,18H2,1-2H3,(H,21,23)/b17-16-/t20-/m0/s1. The van der Waals surface area contributed by atoms with Gasteiger partial charge in [-0.1, -0.05) is 89.7 Å². The smallest absolute Gasteiger partial charge is 0.217 e. The van der Waals surface area contributed by atoms with E-state index >= 15 is 0 Å². The minimum absolute atomic E-state index is 0.0332. The predicted octanol–water partition coefficient (Wildman–Crippen LogP) is 5.13. The van der Waals surface area contributed by atoms with Crippen molar-refractivity contribution < 1.29 is 9.90 Å². The topological polar surface area (TPSA) is 49.3 Å². The summed E-state index contributed by atoms with van der Waals surface area (Å²) in [7, 11) is 0. The molecule has 0 saturated heterocycles. The summed E-state index contributed by atoms with van der Waals surface area (Å²) in [5, 5.41) is 11.8. The summed E-state index contributed by atoms with van der Waals surface area (Å²) in [5.74, 6) is -0.0981. The number of aliphatic hydroxyl groups is 1. The first-order valence-electron chi connectivity index (χ1n) is 9.75. The maximum Gasteiger partial charge on any atom is 0.217 e. The first kappa shape index (κ1) is 22.2. The van der Waals surface area contributed by atoms with Gasteiger partial charge in [0.25, 0.3) is 0 Å². The summed E-state index contributed by atoms with van der Waals surface area (Å²) in [6, 6.07) is -0.232. The first-order valence-corrected chi connectivity index (χ1v) is 9.75. The zero-order valence-corrected chi connectivity index (χ0v) is 15.5. The second-order valence-corrected chi connectivity index (χ2v) is 6.60. The van der Waals surface area contributed by atoms with Crippen LogP contribution in [0.2, 0.25) is 0 Å². The fraction of sp³-hybridized carbons (Fsp3) is 0.850. The lowest BCUT2D eigenvalue weighted by molar-refractivity contribution is -0.119. The number of nitrogens with one attached hydrogen (secondary N) is 1. The Hall–Kier alpha value is -0.830. The Morgan fingerprint density at radius 2 is 1.39 bits per heavy atom. The van der Waals surface area contributed by atoms with Crippen molar-refractivity contribution in [3.8, 4) is 0 Å². The number of aliphatic hydroxyl groups excluding tert-OH is 1. The third-order valence-electron chi connectivity index (χ3n) is 4.18. The van der Waals surface area contributed by atoms with Crippen molar-refractivity contribution in [1.29, 1.82) is 0 Å². The molecule has 0 aliphatic carbocycles. The van der Waals surface area contributed by atoms with E-state index in [0.717, 1.165) is 6.42 Å². The summed E-state index contributed by atoms with van der Waals surface area (Å²) >= 11 is 0. The molecular formula is C20H39NO2. The van der Waals surface area contributed by atoms with Crippen LogP contribution in [-0.2, 0) is 4.79 Å². The van der Waals surface area contributed by atoms with Crippen molar-refractivity contribution in [2.45, 2.75) is 103 Å². The largest absolute Gasteiger partial charge is 0.394 e. The molecule has 0 saturated carbocycles. The van der Waals surface area contributed by atoms with Gasteiger partial charge in [0.15, 0.2) is 0 Å². The Morgan fingerprint density at radius 1 is 0.913 bits per heavy atom. The van der Waals surface area contributed by atoms with Crippen molar-refractivity contribution in [2.75, 3.05) is 6.61 Å². The summed E-state index contributed by atoms with van der Waals surface area (Å²) in [4.78, 5) is 10.9. The minimum Gasteiger partial charge on any atom is -0.394 e. The molecule has 2 N–H and O–H groups in total. The SMILES string of the molecule is CCCCCCCCCCCCCC/C=C\[C@@H](CO)NC(C)=O. The summed E-state index contributed by atoms with van der Waals surface area (Å²) < 4.78 is 0. The van der Waals surface area contributed by atoms with Gasteiger partial charge >= 0.3 is 0 Å². The number of amides is 1. The summed E-state index contributed by atoms with van der Waals surface area (Å²) in [6.45, 7) is 3.71. The minimum atomic E-state index is -0.232. The van der Waals surface area contributed by atoms with Crippen LogP contribution in [0.1, 0.15) is 97.3 Å². The van der Waals surface area contributed by atoms with Crippen molar-refractivity contribution in [1.82, 2.24) is 5.32 Å². The average Bonchev–Trinajstić information content (AvgIpc) is 2.53. The van der Waals surface area contributed by atoms with Crippen LogP contribution in [0.15, 0.2) is 12.2 Å². The van der Waals surface area contributed by atoms with E-state index < -0.39 is 0 Å². The molecule has 1 amide bonds. The fourth-order valence-corrected chi connectivity index (χ4v) is 2.78. The number of hydrogen-bond donors (Lipinski definition) is 2. The maximum atomic E-state index is 10.9. The predicted molar refractivity (Wildman–Crippen MR) is 99.5 cm³/mol. The van der Waals surface area contributed by atoms with E-state index in [1.54, 1.807) is 0 Å². The second kappa shape index (κ2) is 17.5. The molecule has 3 heteroatoms. The van der Waals surface area contributed by atoms with E-state index in [1.807, 2.05) is 6.08 Å². The van der Waals surface area contributed by atoms with Gasteiger partial charge < -0.3 is 10.4 Å². The van der Waals surface area contributed by atoms with Gasteiger partial charge in [-0.05, 0) is 12.8 Å². The molecular weight excluding hydrogens is 286 g/mol. The highest BCUT2D eigenvalue weighted by molar-refractivity contribution is 5.73. The third-order valence-corrected chi connectivity index (χ3v) is 4.18. The van der Waals surface area contributed by atoms with E-state index in [4.69, 9.17) is 5.11 Å².